The first-order valence-corrected chi connectivity index (χ1v) is 10.7. The first kappa shape index (κ1) is 24.1. The molecule has 0 aliphatic rings. The number of esters is 1. The molecule has 0 fully saturated rings. The number of oxime groups is 1. The molecule has 3 rings (SSSR count). The number of hydrogen-bond acceptors (Lipinski definition) is 8. The van der Waals surface area contributed by atoms with Crippen LogP contribution in [0.2, 0.25) is 0 Å². The van der Waals surface area contributed by atoms with Crippen LogP contribution in [0, 0.1) is 5.82 Å². The maximum Gasteiger partial charge on any atom is 0.335 e. The Morgan fingerprint density at radius 3 is 2.58 bits per heavy atom. The predicted molar refractivity (Wildman–Crippen MR) is 119 cm³/mol. The van der Waals surface area contributed by atoms with Crippen molar-refractivity contribution in [2.75, 3.05) is 19.8 Å². The zero-order valence-corrected chi connectivity index (χ0v) is 18.6. The van der Waals surface area contributed by atoms with E-state index in [2.05, 4.69) is 15.3 Å². The Bertz CT molecular complexity index is 1040. The van der Waals surface area contributed by atoms with Gasteiger partial charge in [0.2, 0.25) is 5.82 Å². The molecule has 0 aliphatic heterocycles. The summed E-state index contributed by atoms with van der Waals surface area (Å²) in [6, 6.07) is 15.2. The molecule has 9 heteroatoms. The number of aromatic nitrogens is 2. The summed E-state index contributed by atoms with van der Waals surface area (Å²) in [6.45, 7) is 4.18. The van der Waals surface area contributed by atoms with Crippen LogP contribution in [0.5, 0.6) is 0 Å². The monoisotopic (exact) mass is 455 g/mol. The molecule has 2 aromatic carbocycles. The van der Waals surface area contributed by atoms with E-state index in [1.165, 1.54) is 12.1 Å². The minimum Gasteiger partial charge on any atom is -0.464 e. The van der Waals surface area contributed by atoms with E-state index in [1.807, 2.05) is 37.3 Å². The molecule has 0 aliphatic carbocycles. The summed E-state index contributed by atoms with van der Waals surface area (Å²) >= 11 is 0. The van der Waals surface area contributed by atoms with Crippen LogP contribution in [0.4, 0.5) is 4.39 Å². The van der Waals surface area contributed by atoms with Gasteiger partial charge < -0.3 is 18.8 Å². The van der Waals surface area contributed by atoms with E-state index < -0.39 is 12.1 Å². The molecule has 1 aromatic heterocycles. The van der Waals surface area contributed by atoms with Crippen LogP contribution >= 0.6 is 0 Å². The van der Waals surface area contributed by atoms with Gasteiger partial charge in [0.1, 0.15) is 12.4 Å². The van der Waals surface area contributed by atoms with Gasteiger partial charge in [0, 0.05) is 12.0 Å². The molecule has 1 unspecified atom stereocenters. The third-order valence-electron chi connectivity index (χ3n) is 4.48. The van der Waals surface area contributed by atoms with Crippen molar-refractivity contribution < 1.29 is 28.0 Å². The molecule has 0 amide bonds. The van der Waals surface area contributed by atoms with E-state index in [9.17, 15) is 9.18 Å². The second-order valence-corrected chi connectivity index (χ2v) is 7.04. The summed E-state index contributed by atoms with van der Waals surface area (Å²) in [4.78, 5) is 22.1. The van der Waals surface area contributed by atoms with Gasteiger partial charge in [-0.2, -0.15) is 4.98 Å². The van der Waals surface area contributed by atoms with Gasteiger partial charge in [-0.05, 0) is 43.2 Å². The lowest BCUT2D eigenvalue weighted by atomic mass is 10.1. The van der Waals surface area contributed by atoms with Crippen molar-refractivity contribution in [3.8, 4) is 11.4 Å². The smallest absolute Gasteiger partial charge is 0.335 e. The van der Waals surface area contributed by atoms with Crippen LogP contribution in [0.3, 0.4) is 0 Å². The van der Waals surface area contributed by atoms with Crippen molar-refractivity contribution in [2.24, 2.45) is 5.16 Å². The van der Waals surface area contributed by atoms with Crippen LogP contribution in [0.15, 0.2) is 64.3 Å². The fourth-order valence-electron chi connectivity index (χ4n) is 2.85. The van der Waals surface area contributed by atoms with Crippen molar-refractivity contribution in [1.29, 1.82) is 0 Å². The highest BCUT2D eigenvalue weighted by molar-refractivity contribution is 5.97. The second-order valence-electron chi connectivity index (χ2n) is 7.04. The standard InChI is InChI=1S/C24H26FN3O5/c1-3-14-32-27-20(23-26-22(28-33-23)18-10-12-19(25)13-11-18)16-31-21(24(29)30-4-2)15-17-8-6-5-7-9-17/h5-13,21H,3-4,14-16H2,1-2H3. The summed E-state index contributed by atoms with van der Waals surface area (Å²) in [5.41, 5.74) is 1.73. The number of nitrogens with zero attached hydrogens (tertiary/aromatic N) is 3. The van der Waals surface area contributed by atoms with Crippen LogP contribution in [0.1, 0.15) is 31.7 Å². The fraction of sp³-hybridized carbons (Fsp3) is 0.333. The van der Waals surface area contributed by atoms with Crippen molar-refractivity contribution in [3.63, 3.8) is 0 Å². The molecule has 0 saturated heterocycles. The maximum absolute atomic E-state index is 13.2. The summed E-state index contributed by atoms with van der Waals surface area (Å²) in [7, 11) is 0. The third kappa shape index (κ3) is 7.21. The van der Waals surface area contributed by atoms with Crippen molar-refractivity contribution >= 4 is 11.7 Å². The molecule has 0 saturated carbocycles. The predicted octanol–water partition coefficient (Wildman–Crippen LogP) is 4.20. The SMILES string of the molecule is CCCON=C(COC(Cc1ccccc1)C(=O)OCC)c1nc(-c2ccc(F)cc2)no1. The molecule has 0 N–H and O–H groups in total. The van der Waals surface area contributed by atoms with Crippen molar-refractivity contribution in [1.82, 2.24) is 10.1 Å². The number of carbonyl (C=O) groups is 1. The zero-order valence-electron chi connectivity index (χ0n) is 18.6. The fourth-order valence-corrected chi connectivity index (χ4v) is 2.85. The molecule has 1 atom stereocenters. The van der Waals surface area contributed by atoms with Gasteiger partial charge in [0.15, 0.2) is 11.8 Å². The number of benzene rings is 2. The largest absolute Gasteiger partial charge is 0.464 e. The lowest BCUT2D eigenvalue weighted by Crippen LogP contribution is -2.31. The van der Waals surface area contributed by atoms with E-state index in [4.69, 9.17) is 18.8 Å². The van der Waals surface area contributed by atoms with Crippen molar-refractivity contribution in [3.05, 3.63) is 71.9 Å². The van der Waals surface area contributed by atoms with Gasteiger partial charge in [-0.15, -0.1) is 0 Å². The Kier molecular flexibility index (Phi) is 9.08. The Morgan fingerprint density at radius 2 is 1.88 bits per heavy atom. The average molecular weight is 455 g/mol. The van der Waals surface area contributed by atoms with E-state index in [0.717, 1.165) is 12.0 Å². The van der Waals surface area contributed by atoms with E-state index in [1.54, 1.807) is 19.1 Å². The highest BCUT2D eigenvalue weighted by atomic mass is 19.1. The van der Waals surface area contributed by atoms with E-state index in [-0.39, 0.29) is 36.5 Å². The van der Waals surface area contributed by atoms with Crippen LogP contribution in [0.25, 0.3) is 11.4 Å². The normalized spacial score (nSPS) is 12.4. The highest BCUT2D eigenvalue weighted by Gasteiger charge is 2.24. The topological polar surface area (TPSA) is 96.0 Å². The summed E-state index contributed by atoms with van der Waals surface area (Å²) in [5.74, 6) is -0.505. The number of ether oxygens (including phenoxy) is 2. The Morgan fingerprint density at radius 1 is 1.12 bits per heavy atom. The van der Waals surface area contributed by atoms with Gasteiger partial charge in [-0.1, -0.05) is 47.6 Å². The first-order valence-electron chi connectivity index (χ1n) is 10.7. The molecule has 0 radical (unpaired) electrons. The molecule has 174 valence electrons. The molecular weight excluding hydrogens is 429 g/mol. The van der Waals surface area contributed by atoms with E-state index in [0.29, 0.717) is 18.6 Å². The quantitative estimate of drug-likeness (QED) is 0.175. The van der Waals surface area contributed by atoms with Crippen LogP contribution in [-0.2, 0) is 25.5 Å². The molecule has 33 heavy (non-hydrogen) atoms. The van der Waals surface area contributed by atoms with Gasteiger partial charge in [-0.3, -0.25) is 0 Å². The average Bonchev–Trinajstić information content (AvgIpc) is 3.32. The van der Waals surface area contributed by atoms with Crippen molar-refractivity contribution in [2.45, 2.75) is 32.8 Å². The third-order valence-corrected chi connectivity index (χ3v) is 4.48. The van der Waals surface area contributed by atoms with Gasteiger partial charge in [0.25, 0.3) is 5.89 Å². The Balaban J connectivity index is 1.77. The maximum atomic E-state index is 13.2. The zero-order chi connectivity index (χ0) is 23.5. The number of halogens is 1. The first-order chi connectivity index (χ1) is 16.1. The van der Waals surface area contributed by atoms with E-state index >= 15 is 0 Å². The number of carbonyl (C=O) groups excluding carboxylic acids is 1. The van der Waals surface area contributed by atoms with Crippen LogP contribution in [-0.4, -0.2) is 47.7 Å². The Labute approximate surface area is 191 Å². The molecule has 0 spiro atoms. The molecule has 8 nitrogen and oxygen atoms in total. The van der Waals surface area contributed by atoms with Gasteiger partial charge in [-0.25, -0.2) is 9.18 Å². The summed E-state index contributed by atoms with van der Waals surface area (Å²) in [5, 5.41) is 8.00. The highest BCUT2D eigenvalue weighted by Crippen LogP contribution is 2.17. The number of hydrogen-bond donors (Lipinski definition) is 0. The van der Waals surface area contributed by atoms with Crippen LogP contribution < -0.4 is 0 Å². The minimum atomic E-state index is -0.858. The molecule has 1 heterocycles. The molecule has 0 bridgehead atoms. The molecular formula is C24H26FN3O5. The van der Waals surface area contributed by atoms with Gasteiger partial charge in [0.05, 0.1) is 13.2 Å². The Hall–Kier alpha value is -3.59. The minimum absolute atomic E-state index is 0.0766. The molecule has 3 aromatic rings. The lowest BCUT2D eigenvalue weighted by Gasteiger charge is -2.16. The van der Waals surface area contributed by atoms with Gasteiger partial charge >= 0.3 is 5.97 Å². The second kappa shape index (κ2) is 12.4. The summed E-state index contributed by atoms with van der Waals surface area (Å²) < 4.78 is 29.6. The lowest BCUT2D eigenvalue weighted by molar-refractivity contribution is -0.155. The number of rotatable bonds is 12. The summed E-state index contributed by atoms with van der Waals surface area (Å²) in [6.07, 6.45) is 0.220.